The smallest absolute Gasteiger partial charge is 0.254 e. The zero-order valence-electron chi connectivity index (χ0n) is 13.9. The van der Waals surface area contributed by atoms with Gasteiger partial charge in [0.1, 0.15) is 0 Å². The number of hydrogen-bond acceptors (Lipinski definition) is 3. The lowest BCUT2D eigenvalue weighted by Gasteiger charge is -2.30. The average molecular weight is 325 g/mol. The quantitative estimate of drug-likeness (QED) is 0.906. The number of aliphatic hydroxyl groups excluding tert-OH is 1. The second-order valence-corrected chi connectivity index (χ2v) is 7.14. The maximum Gasteiger partial charge on any atom is 0.254 e. The highest BCUT2D eigenvalue weighted by Gasteiger charge is 2.47. The van der Waals surface area contributed by atoms with Crippen molar-refractivity contribution in [1.29, 1.82) is 0 Å². The Labute approximate surface area is 141 Å². The number of nitrogens with zero attached hydrogens (tertiary/aromatic N) is 2. The largest absolute Gasteiger partial charge is 0.396 e. The molecule has 24 heavy (non-hydrogen) atoms. The average Bonchev–Trinajstić information content (AvgIpc) is 3.31. The minimum absolute atomic E-state index is 0.0918. The van der Waals surface area contributed by atoms with E-state index in [1.807, 2.05) is 31.2 Å². The molecular formula is C19H23N3O2. The van der Waals surface area contributed by atoms with E-state index < -0.39 is 0 Å². The van der Waals surface area contributed by atoms with Gasteiger partial charge >= 0.3 is 0 Å². The number of benzene rings is 1. The highest BCUT2D eigenvalue weighted by atomic mass is 16.3. The molecule has 2 saturated carbocycles. The number of nitrogens with one attached hydrogen (secondary N) is 1. The van der Waals surface area contributed by atoms with Gasteiger partial charge in [0.2, 0.25) is 0 Å². The van der Waals surface area contributed by atoms with Gasteiger partial charge in [0.05, 0.1) is 17.4 Å². The van der Waals surface area contributed by atoms with E-state index in [-0.39, 0.29) is 24.5 Å². The van der Waals surface area contributed by atoms with Gasteiger partial charge in [-0.2, -0.15) is 5.10 Å². The molecule has 1 amide bonds. The van der Waals surface area contributed by atoms with Crippen molar-refractivity contribution in [3.05, 3.63) is 47.8 Å². The van der Waals surface area contributed by atoms with Crippen molar-refractivity contribution in [2.24, 2.45) is 17.8 Å². The van der Waals surface area contributed by atoms with E-state index >= 15 is 0 Å². The highest BCUT2D eigenvalue weighted by Crippen LogP contribution is 2.48. The van der Waals surface area contributed by atoms with Crippen molar-refractivity contribution < 1.29 is 9.90 Å². The maximum absolute atomic E-state index is 12.6. The number of amides is 1. The fraction of sp³-hybridized carbons (Fsp3) is 0.474. The summed E-state index contributed by atoms with van der Waals surface area (Å²) in [5, 5.41) is 17.1. The summed E-state index contributed by atoms with van der Waals surface area (Å²) < 4.78 is 1.74. The number of aromatic nitrogens is 2. The van der Waals surface area contributed by atoms with Crippen LogP contribution in [0.5, 0.6) is 0 Å². The number of aliphatic hydroxyl groups is 1. The number of hydrogen-bond donors (Lipinski definition) is 2. The summed E-state index contributed by atoms with van der Waals surface area (Å²) in [4.78, 5) is 12.6. The Morgan fingerprint density at radius 2 is 2.12 bits per heavy atom. The van der Waals surface area contributed by atoms with Crippen LogP contribution in [-0.4, -0.2) is 33.4 Å². The lowest BCUT2D eigenvalue weighted by atomic mass is 9.85. The Bertz CT molecular complexity index is 755. The monoisotopic (exact) mass is 325 g/mol. The summed E-state index contributed by atoms with van der Waals surface area (Å²) in [6, 6.07) is 8.06. The molecule has 2 aliphatic rings. The van der Waals surface area contributed by atoms with E-state index in [2.05, 4.69) is 10.4 Å². The number of carbonyl (C=O) groups is 1. The predicted molar refractivity (Wildman–Crippen MR) is 91.0 cm³/mol. The van der Waals surface area contributed by atoms with Crippen LogP contribution in [0.2, 0.25) is 0 Å². The number of carbonyl (C=O) groups excluding carboxylic acids is 1. The molecule has 2 aromatic rings. The third-order valence-electron chi connectivity index (χ3n) is 5.80. The number of para-hydroxylation sites is 1. The molecule has 4 unspecified atom stereocenters. The van der Waals surface area contributed by atoms with Crippen LogP contribution in [0.4, 0.5) is 0 Å². The van der Waals surface area contributed by atoms with Gasteiger partial charge in [-0.15, -0.1) is 0 Å². The van der Waals surface area contributed by atoms with Crippen LogP contribution >= 0.6 is 0 Å². The van der Waals surface area contributed by atoms with Crippen LogP contribution in [0.25, 0.3) is 5.69 Å². The third kappa shape index (κ3) is 2.53. The zero-order chi connectivity index (χ0) is 16.7. The van der Waals surface area contributed by atoms with Gasteiger partial charge in [0.25, 0.3) is 5.91 Å². The van der Waals surface area contributed by atoms with E-state index in [4.69, 9.17) is 0 Å². The Hall–Kier alpha value is -2.14. The molecule has 2 aliphatic carbocycles. The van der Waals surface area contributed by atoms with Gasteiger partial charge in [0.15, 0.2) is 0 Å². The molecule has 5 nitrogen and oxygen atoms in total. The zero-order valence-corrected chi connectivity index (χ0v) is 13.9. The number of rotatable bonds is 4. The van der Waals surface area contributed by atoms with Crippen molar-refractivity contribution in [3.63, 3.8) is 0 Å². The standard InChI is InChI=1S/C19H23N3O2/c1-12-4-2-3-5-17(12)22-10-15(9-20-22)19(24)21-18-14-7-6-13(8-14)16(18)11-23/h2-5,9-10,13-14,16,18,23H,6-8,11H2,1H3,(H,21,24). The lowest BCUT2D eigenvalue weighted by molar-refractivity contribution is 0.0861. The molecule has 2 N–H and O–H groups in total. The van der Waals surface area contributed by atoms with Gasteiger partial charge in [-0.3, -0.25) is 4.79 Å². The Balaban J connectivity index is 1.51. The van der Waals surface area contributed by atoms with E-state index in [0.29, 0.717) is 17.4 Å². The van der Waals surface area contributed by atoms with Gasteiger partial charge in [0, 0.05) is 24.8 Å². The summed E-state index contributed by atoms with van der Waals surface area (Å²) >= 11 is 0. The molecular weight excluding hydrogens is 302 g/mol. The van der Waals surface area contributed by atoms with Crippen LogP contribution in [0.3, 0.4) is 0 Å². The molecule has 126 valence electrons. The van der Waals surface area contributed by atoms with E-state index in [0.717, 1.165) is 24.1 Å². The lowest BCUT2D eigenvalue weighted by Crippen LogP contribution is -2.45. The SMILES string of the molecule is Cc1ccccc1-n1cc(C(=O)NC2C3CCC(C3)C2CO)cn1. The molecule has 4 atom stereocenters. The first kappa shape index (κ1) is 15.4. The Morgan fingerprint density at radius 1 is 1.33 bits per heavy atom. The summed E-state index contributed by atoms with van der Waals surface area (Å²) in [7, 11) is 0. The van der Waals surface area contributed by atoms with Crippen LogP contribution in [0.15, 0.2) is 36.7 Å². The first-order chi connectivity index (χ1) is 11.7. The topological polar surface area (TPSA) is 67.2 Å². The van der Waals surface area contributed by atoms with E-state index in [1.54, 1.807) is 17.1 Å². The minimum atomic E-state index is -0.0918. The van der Waals surface area contributed by atoms with Crippen molar-refractivity contribution >= 4 is 5.91 Å². The first-order valence-corrected chi connectivity index (χ1v) is 8.69. The van der Waals surface area contributed by atoms with Gasteiger partial charge in [-0.05, 0) is 49.7 Å². The molecule has 0 spiro atoms. The van der Waals surface area contributed by atoms with Crippen molar-refractivity contribution in [3.8, 4) is 5.69 Å². The van der Waals surface area contributed by atoms with Crippen molar-refractivity contribution in [2.45, 2.75) is 32.2 Å². The van der Waals surface area contributed by atoms with E-state index in [9.17, 15) is 9.90 Å². The Morgan fingerprint density at radius 3 is 2.92 bits per heavy atom. The Kier molecular flexibility index (Phi) is 3.88. The van der Waals surface area contributed by atoms with Gasteiger partial charge in [-0.1, -0.05) is 18.2 Å². The molecule has 1 aromatic heterocycles. The minimum Gasteiger partial charge on any atom is -0.396 e. The van der Waals surface area contributed by atoms with E-state index in [1.165, 1.54) is 6.42 Å². The molecule has 4 rings (SSSR count). The van der Waals surface area contributed by atoms with Crippen molar-refractivity contribution in [2.75, 3.05) is 6.61 Å². The fourth-order valence-electron chi connectivity index (χ4n) is 4.53. The van der Waals surface area contributed by atoms with Crippen LogP contribution < -0.4 is 5.32 Å². The number of fused-ring (bicyclic) bond motifs is 2. The number of aryl methyl sites for hydroxylation is 1. The summed E-state index contributed by atoms with van der Waals surface area (Å²) in [6.45, 7) is 2.19. The molecule has 0 saturated heterocycles. The normalized spacial score (nSPS) is 28.2. The molecule has 1 aromatic carbocycles. The molecule has 0 aliphatic heterocycles. The van der Waals surface area contributed by atoms with Gasteiger partial charge < -0.3 is 10.4 Å². The molecule has 0 radical (unpaired) electrons. The van der Waals surface area contributed by atoms with Gasteiger partial charge in [-0.25, -0.2) is 4.68 Å². The maximum atomic E-state index is 12.6. The first-order valence-electron chi connectivity index (χ1n) is 8.69. The van der Waals surface area contributed by atoms with Crippen LogP contribution in [-0.2, 0) is 0 Å². The summed E-state index contributed by atoms with van der Waals surface area (Å²) in [5.41, 5.74) is 2.66. The van der Waals surface area contributed by atoms with Crippen LogP contribution in [0.1, 0.15) is 35.2 Å². The van der Waals surface area contributed by atoms with Crippen LogP contribution in [0, 0.1) is 24.7 Å². The second kappa shape index (κ2) is 6.06. The summed E-state index contributed by atoms with van der Waals surface area (Å²) in [5.74, 6) is 1.20. The summed E-state index contributed by atoms with van der Waals surface area (Å²) in [6.07, 6.45) is 6.88. The molecule has 5 heteroatoms. The predicted octanol–water partition coefficient (Wildman–Crippen LogP) is 2.32. The molecule has 1 heterocycles. The third-order valence-corrected chi connectivity index (χ3v) is 5.80. The van der Waals surface area contributed by atoms with Crippen molar-refractivity contribution in [1.82, 2.24) is 15.1 Å². The fourth-order valence-corrected chi connectivity index (χ4v) is 4.53. The molecule has 2 bridgehead atoms. The second-order valence-electron chi connectivity index (χ2n) is 7.14. The highest BCUT2D eigenvalue weighted by molar-refractivity contribution is 5.94. The molecule has 2 fully saturated rings.